The van der Waals surface area contributed by atoms with E-state index >= 15 is 0 Å². The summed E-state index contributed by atoms with van der Waals surface area (Å²) in [5.74, 6) is -0.253. The minimum absolute atomic E-state index is 0.229. The number of aromatic amines is 1. The molecule has 1 amide bonds. The topological polar surface area (TPSA) is 99.3 Å². The lowest BCUT2D eigenvalue weighted by molar-refractivity contribution is 0.0705. The van der Waals surface area contributed by atoms with Gasteiger partial charge < -0.3 is 9.88 Å². The largest absolute Gasteiger partial charge is 0.337 e. The van der Waals surface area contributed by atoms with Gasteiger partial charge in [0.05, 0.1) is 4.90 Å². The summed E-state index contributed by atoms with van der Waals surface area (Å²) < 4.78 is 27.7. The number of amides is 1. The van der Waals surface area contributed by atoms with Crippen LogP contribution in [0.1, 0.15) is 23.3 Å². The molecule has 1 aliphatic rings. The molecule has 4 rings (SSSR count). The van der Waals surface area contributed by atoms with Crippen LogP contribution in [0.4, 0.5) is 0 Å². The fraction of sp³-hybridized carbons (Fsp3) is 0.238. The van der Waals surface area contributed by atoms with Gasteiger partial charge in [-0.2, -0.15) is 0 Å². The molecular weight excluding hydrogens is 390 g/mol. The lowest BCUT2D eigenvalue weighted by atomic mass is 10.1. The van der Waals surface area contributed by atoms with Crippen molar-refractivity contribution in [1.29, 1.82) is 0 Å². The van der Waals surface area contributed by atoms with E-state index < -0.39 is 10.0 Å². The molecule has 0 saturated carbocycles. The summed E-state index contributed by atoms with van der Waals surface area (Å²) in [6.07, 6.45) is 1.02. The Bertz CT molecular complexity index is 1200. The van der Waals surface area contributed by atoms with Gasteiger partial charge in [-0.15, -0.1) is 0 Å². The van der Waals surface area contributed by atoms with Gasteiger partial charge in [-0.3, -0.25) is 9.59 Å². The van der Waals surface area contributed by atoms with E-state index in [1.165, 1.54) is 0 Å². The Balaban J connectivity index is 1.43. The number of fused-ring (bicyclic) bond motifs is 1. The van der Waals surface area contributed by atoms with Crippen molar-refractivity contribution in [2.45, 2.75) is 23.8 Å². The molecule has 2 aromatic carbocycles. The molecule has 2 N–H and O–H groups in total. The van der Waals surface area contributed by atoms with Crippen LogP contribution >= 0.6 is 0 Å². The van der Waals surface area contributed by atoms with Gasteiger partial charge in [0.1, 0.15) is 5.69 Å². The SMILES string of the molecule is O=C(c1cc2ccccc2c(=O)[nH]1)N1CCC(NS(=O)(=O)c2ccccc2)CC1. The number of carbonyl (C=O) groups is 1. The summed E-state index contributed by atoms with van der Waals surface area (Å²) in [4.78, 5) is 29.6. The first kappa shape index (κ1) is 19.4. The van der Waals surface area contributed by atoms with Crippen molar-refractivity contribution in [2.75, 3.05) is 13.1 Å². The van der Waals surface area contributed by atoms with Crippen LogP contribution in [0.3, 0.4) is 0 Å². The highest BCUT2D eigenvalue weighted by atomic mass is 32.2. The third kappa shape index (κ3) is 4.08. The number of nitrogens with one attached hydrogen (secondary N) is 2. The molecule has 150 valence electrons. The Morgan fingerprint density at radius 1 is 1.00 bits per heavy atom. The number of sulfonamides is 1. The predicted molar refractivity (Wildman–Crippen MR) is 110 cm³/mol. The number of likely N-dealkylation sites (tertiary alicyclic amines) is 1. The van der Waals surface area contributed by atoms with Gasteiger partial charge in [-0.25, -0.2) is 13.1 Å². The maximum absolute atomic E-state index is 12.8. The number of hydrogen-bond acceptors (Lipinski definition) is 4. The lowest BCUT2D eigenvalue weighted by Crippen LogP contribution is -2.46. The second kappa shape index (κ2) is 7.81. The van der Waals surface area contributed by atoms with Gasteiger partial charge in [0.2, 0.25) is 10.0 Å². The van der Waals surface area contributed by atoms with Crippen molar-refractivity contribution in [3.05, 3.63) is 76.7 Å². The smallest absolute Gasteiger partial charge is 0.270 e. The number of nitrogens with zero attached hydrogens (tertiary/aromatic N) is 1. The van der Waals surface area contributed by atoms with E-state index in [-0.39, 0.29) is 28.1 Å². The van der Waals surface area contributed by atoms with Crippen LogP contribution in [0, 0.1) is 0 Å². The van der Waals surface area contributed by atoms with Crippen LogP contribution in [0.2, 0.25) is 0 Å². The Morgan fingerprint density at radius 2 is 1.66 bits per heavy atom. The molecule has 0 radical (unpaired) electrons. The molecule has 0 unspecified atom stereocenters. The number of hydrogen-bond donors (Lipinski definition) is 2. The molecule has 0 bridgehead atoms. The second-order valence-corrected chi connectivity index (χ2v) is 8.81. The van der Waals surface area contributed by atoms with Gasteiger partial charge in [0.15, 0.2) is 0 Å². The van der Waals surface area contributed by atoms with Crippen molar-refractivity contribution in [3.63, 3.8) is 0 Å². The van der Waals surface area contributed by atoms with Crippen LogP contribution in [0.5, 0.6) is 0 Å². The molecule has 0 spiro atoms. The molecular formula is C21H21N3O4S. The summed E-state index contributed by atoms with van der Waals surface area (Å²) in [5.41, 5.74) is -0.0472. The van der Waals surface area contributed by atoms with Gasteiger partial charge >= 0.3 is 0 Å². The zero-order chi connectivity index (χ0) is 20.4. The first-order chi connectivity index (χ1) is 13.9. The third-order valence-corrected chi connectivity index (χ3v) is 6.68. The highest BCUT2D eigenvalue weighted by molar-refractivity contribution is 7.89. The van der Waals surface area contributed by atoms with Crippen LogP contribution in [-0.4, -0.2) is 43.3 Å². The maximum Gasteiger partial charge on any atom is 0.270 e. The molecule has 3 aromatic rings. The summed E-state index contributed by atoms with van der Waals surface area (Å²) >= 11 is 0. The van der Waals surface area contributed by atoms with Gasteiger partial charge in [0.25, 0.3) is 11.5 Å². The van der Waals surface area contributed by atoms with Gasteiger partial charge in [-0.05, 0) is 42.5 Å². The Kier molecular flexibility index (Phi) is 5.21. The van der Waals surface area contributed by atoms with Gasteiger partial charge in [-0.1, -0.05) is 36.4 Å². The van der Waals surface area contributed by atoms with Crippen molar-refractivity contribution in [2.24, 2.45) is 0 Å². The summed E-state index contributed by atoms with van der Waals surface area (Å²) in [6.45, 7) is 0.825. The van der Waals surface area contributed by atoms with E-state index in [0.717, 1.165) is 0 Å². The number of H-pyrrole nitrogens is 1. The van der Waals surface area contributed by atoms with Gasteiger partial charge in [0, 0.05) is 24.5 Å². The molecule has 1 saturated heterocycles. The quantitative estimate of drug-likeness (QED) is 0.687. The highest BCUT2D eigenvalue weighted by Gasteiger charge is 2.27. The number of carbonyl (C=O) groups excluding carboxylic acids is 1. The Hall–Kier alpha value is -2.97. The number of piperidine rings is 1. The first-order valence-electron chi connectivity index (χ1n) is 9.43. The van der Waals surface area contributed by atoms with Crippen molar-refractivity contribution in [3.8, 4) is 0 Å². The second-order valence-electron chi connectivity index (χ2n) is 7.10. The van der Waals surface area contributed by atoms with E-state index in [0.29, 0.717) is 36.7 Å². The average molecular weight is 411 g/mol. The Labute approximate surface area is 168 Å². The molecule has 8 heteroatoms. The molecule has 7 nitrogen and oxygen atoms in total. The normalized spacial score (nSPS) is 15.5. The fourth-order valence-electron chi connectivity index (χ4n) is 3.58. The Morgan fingerprint density at radius 3 is 2.38 bits per heavy atom. The average Bonchev–Trinajstić information content (AvgIpc) is 2.74. The molecule has 0 aliphatic carbocycles. The zero-order valence-electron chi connectivity index (χ0n) is 15.7. The molecule has 1 aliphatic heterocycles. The number of benzene rings is 2. The highest BCUT2D eigenvalue weighted by Crippen LogP contribution is 2.17. The van der Waals surface area contributed by atoms with E-state index in [4.69, 9.17) is 0 Å². The number of pyridine rings is 1. The zero-order valence-corrected chi connectivity index (χ0v) is 16.5. The fourth-order valence-corrected chi connectivity index (χ4v) is 4.91. The molecule has 29 heavy (non-hydrogen) atoms. The molecule has 1 fully saturated rings. The summed E-state index contributed by atoms with van der Waals surface area (Å²) in [5, 5.41) is 1.25. The number of rotatable bonds is 4. The predicted octanol–water partition coefficient (Wildman–Crippen LogP) is 2.11. The molecule has 2 heterocycles. The third-order valence-electron chi connectivity index (χ3n) is 5.14. The van der Waals surface area contributed by atoms with E-state index in [1.807, 2.05) is 6.07 Å². The number of aromatic nitrogens is 1. The standard InChI is InChI=1S/C21H21N3O4S/c25-20-18-9-5-4-6-15(18)14-19(22-20)21(26)24-12-10-16(11-13-24)23-29(27,28)17-7-2-1-3-8-17/h1-9,14,16,23H,10-13H2,(H,22,25). The van der Waals surface area contributed by atoms with Crippen LogP contribution in [0.25, 0.3) is 10.8 Å². The maximum atomic E-state index is 12.8. The van der Waals surface area contributed by atoms with Crippen LogP contribution < -0.4 is 10.3 Å². The van der Waals surface area contributed by atoms with Crippen LogP contribution in [0.15, 0.2) is 70.4 Å². The monoisotopic (exact) mass is 411 g/mol. The lowest BCUT2D eigenvalue weighted by Gasteiger charge is -2.32. The summed E-state index contributed by atoms with van der Waals surface area (Å²) in [7, 11) is -3.58. The van der Waals surface area contributed by atoms with Crippen LogP contribution in [-0.2, 0) is 10.0 Å². The molecule has 1 aromatic heterocycles. The van der Waals surface area contributed by atoms with E-state index in [1.54, 1.807) is 59.5 Å². The van der Waals surface area contributed by atoms with E-state index in [2.05, 4.69) is 9.71 Å². The minimum Gasteiger partial charge on any atom is -0.337 e. The minimum atomic E-state index is -3.58. The van der Waals surface area contributed by atoms with E-state index in [9.17, 15) is 18.0 Å². The summed E-state index contributed by atoms with van der Waals surface area (Å²) in [6, 6.07) is 16.8. The van der Waals surface area contributed by atoms with Crippen molar-refractivity contribution in [1.82, 2.24) is 14.6 Å². The van der Waals surface area contributed by atoms with Crippen molar-refractivity contribution >= 4 is 26.7 Å². The van der Waals surface area contributed by atoms with Crippen molar-refractivity contribution < 1.29 is 13.2 Å². The molecule has 0 atom stereocenters. The first-order valence-corrected chi connectivity index (χ1v) is 10.9.